The first-order chi connectivity index (χ1) is 17.1. The van der Waals surface area contributed by atoms with Gasteiger partial charge in [0.2, 0.25) is 0 Å². The summed E-state index contributed by atoms with van der Waals surface area (Å²) >= 11 is 0.965. The number of likely N-dealkylation sites (N-methyl/N-ethyl adjacent to an activating group) is 1. The third-order valence-corrected chi connectivity index (χ3v) is 5.83. The highest BCUT2D eigenvalue weighted by atomic mass is 32.2. The number of rotatable bonds is 11. The Balaban J connectivity index is 1.73. The molecule has 0 spiro atoms. The number of aliphatic hydroxyl groups excluding tert-OH is 1. The van der Waals surface area contributed by atoms with E-state index in [1.165, 1.54) is 0 Å². The summed E-state index contributed by atoms with van der Waals surface area (Å²) < 4.78 is 41.6. The lowest BCUT2D eigenvalue weighted by atomic mass is 10.1. The van der Waals surface area contributed by atoms with Gasteiger partial charge in [0.25, 0.3) is 0 Å². The van der Waals surface area contributed by atoms with Gasteiger partial charge in [-0.1, -0.05) is 0 Å². The Labute approximate surface area is 211 Å². The topological polar surface area (TPSA) is 136 Å². The number of pyridine rings is 1. The molecular formula is C23H27F3N8OS. The SMILES string of the molecule is CC(=N)c1c(N)nc(-c2ccc(NSc3cc(C(F)(F)F)ccn3)cc2)nc1NCCN(C)CCO. The minimum absolute atomic E-state index is 0.0613. The summed E-state index contributed by atoms with van der Waals surface area (Å²) in [6.45, 7) is 3.38. The number of hydrogen-bond acceptors (Lipinski definition) is 10. The molecule has 3 rings (SSSR count). The van der Waals surface area contributed by atoms with Gasteiger partial charge in [-0.3, -0.25) is 0 Å². The maximum atomic E-state index is 12.9. The number of hydrogen-bond donors (Lipinski definition) is 5. The highest BCUT2D eigenvalue weighted by Crippen LogP contribution is 2.31. The van der Waals surface area contributed by atoms with E-state index in [0.29, 0.717) is 48.1 Å². The second-order valence-corrected chi connectivity index (χ2v) is 8.72. The summed E-state index contributed by atoms with van der Waals surface area (Å²) in [5, 5.41) is 20.5. The zero-order valence-electron chi connectivity index (χ0n) is 19.7. The summed E-state index contributed by atoms with van der Waals surface area (Å²) in [6.07, 6.45) is -3.32. The molecule has 2 heterocycles. The first kappa shape index (κ1) is 27.2. The summed E-state index contributed by atoms with van der Waals surface area (Å²) in [5.74, 6) is 0.977. The fraction of sp³-hybridized carbons (Fsp3) is 0.304. The normalized spacial score (nSPS) is 11.5. The lowest BCUT2D eigenvalue weighted by Gasteiger charge is -2.18. The highest BCUT2D eigenvalue weighted by Gasteiger charge is 2.30. The molecule has 13 heteroatoms. The van der Waals surface area contributed by atoms with Crippen LogP contribution in [0.15, 0.2) is 47.6 Å². The Morgan fingerprint density at radius 3 is 2.53 bits per heavy atom. The first-order valence-electron chi connectivity index (χ1n) is 10.9. The van der Waals surface area contributed by atoms with E-state index in [1.807, 2.05) is 11.9 Å². The van der Waals surface area contributed by atoms with E-state index in [0.717, 1.165) is 30.3 Å². The molecule has 0 atom stereocenters. The molecule has 192 valence electrons. The molecular weight excluding hydrogens is 493 g/mol. The number of aromatic nitrogens is 3. The van der Waals surface area contributed by atoms with E-state index in [2.05, 4.69) is 25.0 Å². The van der Waals surface area contributed by atoms with E-state index >= 15 is 0 Å². The lowest BCUT2D eigenvalue weighted by molar-refractivity contribution is -0.137. The Kier molecular flexibility index (Phi) is 9.07. The first-order valence-corrected chi connectivity index (χ1v) is 11.7. The van der Waals surface area contributed by atoms with Gasteiger partial charge in [-0.15, -0.1) is 0 Å². The van der Waals surface area contributed by atoms with Gasteiger partial charge in [0.15, 0.2) is 5.82 Å². The van der Waals surface area contributed by atoms with Crippen LogP contribution in [0.3, 0.4) is 0 Å². The smallest absolute Gasteiger partial charge is 0.395 e. The van der Waals surface area contributed by atoms with Crippen molar-refractivity contribution in [3.05, 3.63) is 53.7 Å². The van der Waals surface area contributed by atoms with Crippen LogP contribution in [0.4, 0.5) is 30.5 Å². The number of halogens is 3. The van der Waals surface area contributed by atoms with Crippen molar-refractivity contribution in [1.29, 1.82) is 5.41 Å². The van der Waals surface area contributed by atoms with Crippen LogP contribution in [0.25, 0.3) is 11.4 Å². The molecule has 0 aliphatic carbocycles. The third-order valence-electron chi connectivity index (χ3n) is 5.06. The number of nitrogens with one attached hydrogen (secondary N) is 3. The summed E-state index contributed by atoms with van der Waals surface area (Å²) in [6, 6.07) is 8.89. The summed E-state index contributed by atoms with van der Waals surface area (Å²) in [7, 11) is 1.89. The van der Waals surface area contributed by atoms with E-state index in [4.69, 9.17) is 16.2 Å². The van der Waals surface area contributed by atoms with Crippen LogP contribution in [0, 0.1) is 5.41 Å². The molecule has 36 heavy (non-hydrogen) atoms. The van der Waals surface area contributed by atoms with Crippen LogP contribution in [0.1, 0.15) is 18.1 Å². The predicted octanol–water partition coefficient (Wildman–Crippen LogP) is 3.98. The van der Waals surface area contributed by atoms with E-state index < -0.39 is 11.7 Å². The molecule has 0 unspecified atom stereocenters. The number of nitrogens with zero attached hydrogens (tertiary/aromatic N) is 4. The monoisotopic (exact) mass is 520 g/mol. The van der Waals surface area contributed by atoms with Crippen molar-refractivity contribution in [3.8, 4) is 11.4 Å². The van der Waals surface area contributed by atoms with Crippen molar-refractivity contribution in [2.75, 3.05) is 49.1 Å². The molecule has 0 bridgehead atoms. The zero-order valence-corrected chi connectivity index (χ0v) is 20.5. The van der Waals surface area contributed by atoms with Crippen molar-refractivity contribution >= 4 is 35.0 Å². The number of nitrogen functional groups attached to an aromatic ring is 1. The van der Waals surface area contributed by atoms with Crippen molar-refractivity contribution < 1.29 is 18.3 Å². The molecule has 3 aromatic rings. The van der Waals surface area contributed by atoms with Crippen LogP contribution in [-0.4, -0.2) is 64.0 Å². The molecule has 9 nitrogen and oxygen atoms in total. The van der Waals surface area contributed by atoms with Crippen molar-refractivity contribution in [1.82, 2.24) is 19.9 Å². The molecule has 0 fully saturated rings. The van der Waals surface area contributed by atoms with Gasteiger partial charge in [0, 0.05) is 54.7 Å². The molecule has 6 N–H and O–H groups in total. The maximum Gasteiger partial charge on any atom is 0.416 e. The van der Waals surface area contributed by atoms with Gasteiger partial charge in [0.05, 0.1) is 17.7 Å². The fourth-order valence-corrected chi connectivity index (χ4v) is 3.85. The van der Waals surface area contributed by atoms with Gasteiger partial charge in [-0.05, 0) is 50.4 Å². The second kappa shape index (κ2) is 12.0. The van der Waals surface area contributed by atoms with Gasteiger partial charge in [-0.25, -0.2) is 15.0 Å². The predicted molar refractivity (Wildman–Crippen MR) is 136 cm³/mol. The number of anilines is 3. The number of benzene rings is 1. The molecule has 0 saturated carbocycles. The largest absolute Gasteiger partial charge is 0.416 e. The Morgan fingerprint density at radius 1 is 1.17 bits per heavy atom. The number of nitrogens with two attached hydrogens (primary N) is 1. The Morgan fingerprint density at radius 2 is 1.89 bits per heavy atom. The molecule has 0 aliphatic rings. The lowest BCUT2D eigenvalue weighted by Crippen LogP contribution is -2.28. The minimum Gasteiger partial charge on any atom is -0.395 e. The third kappa shape index (κ3) is 7.29. The van der Waals surface area contributed by atoms with Crippen molar-refractivity contribution in [3.63, 3.8) is 0 Å². The van der Waals surface area contributed by atoms with Crippen LogP contribution in [0.2, 0.25) is 0 Å². The molecule has 0 saturated heterocycles. The summed E-state index contributed by atoms with van der Waals surface area (Å²) in [4.78, 5) is 14.8. The van der Waals surface area contributed by atoms with Gasteiger partial charge in [-0.2, -0.15) is 13.2 Å². The van der Waals surface area contributed by atoms with Crippen molar-refractivity contribution in [2.24, 2.45) is 0 Å². The summed E-state index contributed by atoms with van der Waals surface area (Å²) in [5.41, 5.74) is 7.35. The average Bonchev–Trinajstić information content (AvgIpc) is 2.82. The van der Waals surface area contributed by atoms with Crippen LogP contribution < -0.4 is 15.8 Å². The van der Waals surface area contributed by atoms with Gasteiger partial charge < -0.3 is 31.2 Å². The molecule has 0 aliphatic heterocycles. The second-order valence-electron chi connectivity index (χ2n) is 7.90. The molecule has 0 radical (unpaired) electrons. The van der Waals surface area contributed by atoms with E-state index in [1.54, 1.807) is 31.2 Å². The zero-order chi connectivity index (χ0) is 26.3. The van der Waals surface area contributed by atoms with Gasteiger partial charge in [0.1, 0.15) is 16.7 Å². The standard InChI is InChI=1S/C23H27F3N8OS/c1-14(27)19-20(28)31-21(32-22(19)30-9-10-34(2)11-12-35)15-3-5-17(6-4-15)33-36-18-13-16(7-8-29-18)23(24,25)26/h3-8,13,27,33,35H,9-12H2,1-2H3,(H3,28,30,31,32). The fourth-order valence-electron chi connectivity index (χ4n) is 3.19. The maximum absolute atomic E-state index is 12.9. The van der Waals surface area contributed by atoms with Crippen LogP contribution in [0.5, 0.6) is 0 Å². The van der Waals surface area contributed by atoms with Crippen LogP contribution in [-0.2, 0) is 6.18 Å². The Bertz CT molecular complexity index is 1190. The molecule has 1 aromatic carbocycles. The quantitative estimate of drug-likeness (QED) is 0.188. The number of aliphatic hydroxyl groups is 1. The Hall–Kier alpha value is -3.42. The highest BCUT2D eigenvalue weighted by molar-refractivity contribution is 8.00. The average molecular weight is 521 g/mol. The van der Waals surface area contributed by atoms with Crippen LogP contribution >= 0.6 is 11.9 Å². The molecule has 0 amide bonds. The molecule has 2 aromatic heterocycles. The van der Waals surface area contributed by atoms with E-state index in [9.17, 15) is 13.2 Å². The number of alkyl halides is 3. The van der Waals surface area contributed by atoms with Gasteiger partial charge >= 0.3 is 6.18 Å². The van der Waals surface area contributed by atoms with E-state index in [-0.39, 0.29) is 23.2 Å². The minimum atomic E-state index is -4.43. The van der Waals surface area contributed by atoms with Crippen molar-refractivity contribution in [2.45, 2.75) is 18.1 Å².